The number of hydrogen-bond acceptors (Lipinski definition) is 1. The Morgan fingerprint density at radius 3 is 1.72 bits per heavy atom. The highest BCUT2D eigenvalue weighted by molar-refractivity contribution is 6.09. The standard InChI is InChI=1S/C45H34N2/c1-45(2)40-20-10-6-17-36(40)39-30-34(28-29-41(39)45)46(42-21-11-7-16-35(42)31-14-4-3-5-15-31)32-24-26-33(27-25-32)47-43-22-12-8-18-37(43)38-19-9-13-23-44(38)47/h3-30H,1-2H3. The van der Waals surface area contributed by atoms with E-state index in [1.807, 2.05) is 0 Å². The zero-order valence-electron chi connectivity index (χ0n) is 26.6. The van der Waals surface area contributed by atoms with Gasteiger partial charge in [0, 0.05) is 38.8 Å². The monoisotopic (exact) mass is 602 g/mol. The molecule has 2 heteroatoms. The first kappa shape index (κ1) is 27.5. The smallest absolute Gasteiger partial charge is 0.0541 e. The molecule has 1 aliphatic rings. The molecule has 0 N–H and O–H groups in total. The van der Waals surface area contributed by atoms with Gasteiger partial charge in [-0.25, -0.2) is 0 Å². The van der Waals surface area contributed by atoms with Crippen LogP contribution in [0, 0.1) is 0 Å². The molecular weight excluding hydrogens is 569 g/mol. The van der Waals surface area contributed by atoms with Gasteiger partial charge in [0.05, 0.1) is 16.7 Å². The van der Waals surface area contributed by atoms with E-state index < -0.39 is 0 Å². The zero-order valence-corrected chi connectivity index (χ0v) is 26.6. The molecule has 0 spiro atoms. The lowest BCUT2D eigenvalue weighted by atomic mass is 9.82. The van der Waals surface area contributed by atoms with Gasteiger partial charge in [0.2, 0.25) is 0 Å². The normalized spacial score (nSPS) is 13.1. The maximum Gasteiger partial charge on any atom is 0.0541 e. The lowest BCUT2D eigenvalue weighted by Gasteiger charge is -2.29. The van der Waals surface area contributed by atoms with Crippen LogP contribution >= 0.6 is 0 Å². The minimum absolute atomic E-state index is 0.0405. The third kappa shape index (κ3) is 4.26. The fourth-order valence-electron chi connectivity index (χ4n) is 7.76. The van der Waals surface area contributed by atoms with E-state index in [1.54, 1.807) is 0 Å². The Kier molecular flexibility index (Phi) is 6.20. The van der Waals surface area contributed by atoms with E-state index in [4.69, 9.17) is 0 Å². The van der Waals surface area contributed by atoms with Gasteiger partial charge in [-0.2, -0.15) is 0 Å². The highest BCUT2D eigenvalue weighted by Gasteiger charge is 2.35. The van der Waals surface area contributed by atoms with Gasteiger partial charge in [-0.1, -0.05) is 129 Å². The van der Waals surface area contributed by atoms with E-state index in [9.17, 15) is 0 Å². The Hall–Kier alpha value is -5.86. The van der Waals surface area contributed by atoms with Crippen LogP contribution in [0.25, 0.3) is 49.7 Å². The first-order chi connectivity index (χ1) is 23.1. The molecule has 0 radical (unpaired) electrons. The van der Waals surface area contributed by atoms with E-state index in [2.05, 4.69) is 193 Å². The summed E-state index contributed by atoms with van der Waals surface area (Å²) in [6.45, 7) is 4.68. The van der Waals surface area contributed by atoms with Crippen molar-refractivity contribution >= 4 is 38.9 Å². The Morgan fingerprint density at radius 1 is 0.447 bits per heavy atom. The number of rotatable bonds is 5. The van der Waals surface area contributed by atoms with E-state index in [0.29, 0.717) is 0 Å². The van der Waals surface area contributed by atoms with Gasteiger partial charge in [-0.3, -0.25) is 0 Å². The van der Waals surface area contributed by atoms with E-state index >= 15 is 0 Å². The van der Waals surface area contributed by atoms with Crippen LogP contribution in [-0.2, 0) is 5.41 Å². The second-order valence-electron chi connectivity index (χ2n) is 13.0. The van der Waals surface area contributed by atoms with Gasteiger partial charge in [-0.15, -0.1) is 0 Å². The van der Waals surface area contributed by atoms with Crippen molar-refractivity contribution in [1.29, 1.82) is 0 Å². The molecule has 47 heavy (non-hydrogen) atoms. The molecule has 0 amide bonds. The lowest BCUT2D eigenvalue weighted by Crippen LogP contribution is -2.15. The second kappa shape index (κ2) is 10.6. The highest BCUT2D eigenvalue weighted by atomic mass is 15.1. The van der Waals surface area contributed by atoms with Crippen molar-refractivity contribution in [3.8, 4) is 27.9 Å². The van der Waals surface area contributed by atoms with Crippen LogP contribution in [0.2, 0.25) is 0 Å². The number of para-hydroxylation sites is 3. The van der Waals surface area contributed by atoms with Gasteiger partial charge < -0.3 is 9.47 Å². The molecule has 7 aromatic carbocycles. The average molecular weight is 603 g/mol. The maximum absolute atomic E-state index is 2.42. The minimum atomic E-state index is -0.0405. The molecule has 224 valence electrons. The summed E-state index contributed by atoms with van der Waals surface area (Å²) in [6, 6.07) is 61.8. The largest absolute Gasteiger partial charge is 0.310 e. The summed E-state index contributed by atoms with van der Waals surface area (Å²) in [6.07, 6.45) is 0. The quantitative estimate of drug-likeness (QED) is 0.190. The lowest BCUT2D eigenvalue weighted by molar-refractivity contribution is 0.660. The second-order valence-corrected chi connectivity index (χ2v) is 13.0. The van der Waals surface area contributed by atoms with E-state index in [0.717, 1.165) is 22.7 Å². The molecule has 0 fully saturated rings. The molecule has 0 atom stereocenters. The summed E-state index contributed by atoms with van der Waals surface area (Å²) in [5.74, 6) is 0. The molecule has 9 rings (SSSR count). The molecule has 0 unspecified atom stereocenters. The van der Waals surface area contributed by atoms with Crippen LogP contribution in [0.5, 0.6) is 0 Å². The van der Waals surface area contributed by atoms with Crippen molar-refractivity contribution in [3.63, 3.8) is 0 Å². The summed E-state index contributed by atoms with van der Waals surface area (Å²) in [7, 11) is 0. The molecule has 0 aliphatic heterocycles. The van der Waals surface area contributed by atoms with Crippen LogP contribution in [0.15, 0.2) is 170 Å². The van der Waals surface area contributed by atoms with Crippen LogP contribution in [0.1, 0.15) is 25.0 Å². The summed E-state index contributed by atoms with van der Waals surface area (Å²) < 4.78 is 2.38. The van der Waals surface area contributed by atoms with Crippen LogP contribution in [-0.4, -0.2) is 4.57 Å². The van der Waals surface area contributed by atoms with Crippen LogP contribution < -0.4 is 4.90 Å². The number of anilines is 3. The summed E-state index contributed by atoms with van der Waals surface area (Å²) >= 11 is 0. The van der Waals surface area contributed by atoms with Crippen LogP contribution in [0.3, 0.4) is 0 Å². The third-order valence-corrected chi connectivity index (χ3v) is 10.0. The van der Waals surface area contributed by atoms with Crippen molar-refractivity contribution in [2.45, 2.75) is 19.3 Å². The number of nitrogens with zero attached hydrogens (tertiary/aromatic N) is 2. The molecular formula is C45H34N2. The number of hydrogen-bond donors (Lipinski definition) is 0. The van der Waals surface area contributed by atoms with Crippen molar-refractivity contribution in [2.75, 3.05) is 4.90 Å². The Labute approximate surface area is 275 Å². The predicted octanol–water partition coefficient (Wildman–Crippen LogP) is 12.2. The molecule has 8 aromatic rings. The Balaban J connectivity index is 1.24. The van der Waals surface area contributed by atoms with Crippen molar-refractivity contribution < 1.29 is 0 Å². The van der Waals surface area contributed by atoms with Crippen molar-refractivity contribution in [1.82, 2.24) is 4.57 Å². The Morgan fingerprint density at radius 2 is 1.00 bits per heavy atom. The van der Waals surface area contributed by atoms with Gasteiger partial charge in [0.1, 0.15) is 0 Å². The average Bonchev–Trinajstić information content (AvgIpc) is 3.58. The number of fused-ring (bicyclic) bond motifs is 6. The minimum Gasteiger partial charge on any atom is -0.310 e. The van der Waals surface area contributed by atoms with Crippen LogP contribution in [0.4, 0.5) is 17.1 Å². The molecule has 0 saturated heterocycles. The topological polar surface area (TPSA) is 8.17 Å². The maximum atomic E-state index is 2.42. The molecule has 0 bridgehead atoms. The Bertz CT molecular complexity index is 2380. The summed E-state index contributed by atoms with van der Waals surface area (Å²) in [5.41, 5.74) is 14.7. The van der Waals surface area contributed by atoms with Gasteiger partial charge >= 0.3 is 0 Å². The summed E-state index contributed by atoms with van der Waals surface area (Å²) in [4.78, 5) is 2.42. The molecule has 1 heterocycles. The van der Waals surface area contributed by atoms with E-state index in [-0.39, 0.29) is 5.41 Å². The first-order valence-electron chi connectivity index (χ1n) is 16.4. The highest BCUT2D eigenvalue weighted by Crippen LogP contribution is 2.51. The van der Waals surface area contributed by atoms with Gasteiger partial charge in [0.15, 0.2) is 0 Å². The molecule has 2 nitrogen and oxygen atoms in total. The fraction of sp³-hybridized carbons (Fsp3) is 0.0667. The molecule has 1 aromatic heterocycles. The van der Waals surface area contributed by atoms with Crippen molar-refractivity contribution in [3.05, 3.63) is 181 Å². The zero-order chi connectivity index (χ0) is 31.5. The fourth-order valence-corrected chi connectivity index (χ4v) is 7.76. The first-order valence-corrected chi connectivity index (χ1v) is 16.4. The number of aromatic nitrogens is 1. The van der Waals surface area contributed by atoms with Crippen molar-refractivity contribution in [2.24, 2.45) is 0 Å². The third-order valence-electron chi connectivity index (χ3n) is 10.0. The summed E-state index contributed by atoms with van der Waals surface area (Å²) in [5, 5.41) is 2.54. The number of benzene rings is 7. The van der Waals surface area contributed by atoms with E-state index in [1.165, 1.54) is 55.2 Å². The SMILES string of the molecule is CC1(C)c2ccccc2-c2cc(N(c3ccc(-n4c5ccccc5c5ccccc54)cc3)c3ccccc3-c3ccccc3)ccc21. The molecule has 1 aliphatic carbocycles. The van der Waals surface area contributed by atoms with Gasteiger partial charge in [0.25, 0.3) is 0 Å². The molecule has 0 saturated carbocycles. The van der Waals surface area contributed by atoms with Gasteiger partial charge in [-0.05, 0) is 82.4 Å². The predicted molar refractivity (Wildman–Crippen MR) is 198 cm³/mol.